The molecule has 0 aliphatic heterocycles. The normalized spacial score (nSPS) is 12.7. The van der Waals surface area contributed by atoms with Crippen molar-refractivity contribution in [3.05, 3.63) is 60.8 Å². The second kappa shape index (κ2) is 47.0. The molecule has 0 bridgehead atoms. The van der Waals surface area contributed by atoms with Crippen LogP contribution in [-0.2, 0) is 23.8 Å². The zero-order chi connectivity index (χ0) is 40.7. The maximum atomic E-state index is 12.7. The van der Waals surface area contributed by atoms with Crippen LogP contribution in [-0.4, -0.2) is 37.9 Å². The van der Waals surface area contributed by atoms with Crippen LogP contribution in [0.25, 0.3) is 0 Å². The summed E-state index contributed by atoms with van der Waals surface area (Å²) in [5.41, 5.74) is 0. The number of carbonyl (C=O) groups excluding carboxylic acids is 2. The highest BCUT2D eigenvalue weighted by atomic mass is 16.6. The largest absolute Gasteiger partial charge is 0.462 e. The molecule has 5 heteroatoms. The van der Waals surface area contributed by atoms with Gasteiger partial charge in [0.25, 0.3) is 0 Å². The SMILES string of the molecule is CC/C=C\C/C=C\C/C=C\C/C=C\CCCCCCC(=O)OCC(COCCCCCCCCCCCC)OC(=O)CCCCCCC/C=C\CCCCCC. The van der Waals surface area contributed by atoms with Crippen molar-refractivity contribution in [2.24, 2.45) is 0 Å². The second-order valence-electron chi connectivity index (χ2n) is 15.6. The zero-order valence-electron chi connectivity index (χ0n) is 37.1. The molecular weight excluding hydrogens is 693 g/mol. The minimum absolute atomic E-state index is 0.0700. The molecule has 0 rings (SSSR count). The fraction of sp³-hybridized carbons (Fsp3) is 0.765. The maximum Gasteiger partial charge on any atom is 0.306 e. The zero-order valence-corrected chi connectivity index (χ0v) is 37.1. The van der Waals surface area contributed by atoms with Gasteiger partial charge in [-0.25, -0.2) is 0 Å². The Morgan fingerprint density at radius 1 is 0.411 bits per heavy atom. The second-order valence-corrected chi connectivity index (χ2v) is 15.6. The van der Waals surface area contributed by atoms with E-state index >= 15 is 0 Å². The van der Waals surface area contributed by atoms with E-state index in [0.29, 0.717) is 19.4 Å². The van der Waals surface area contributed by atoms with Gasteiger partial charge in [-0.15, -0.1) is 0 Å². The number of unbranched alkanes of at least 4 members (excludes halogenated alkanes) is 22. The Morgan fingerprint density at radius 2 is 0.804 bits per heavy atom. The van der Waals surface area contributed by atoms with Crippen LogP contribution in [0.3, 0.4) is 0 Å². The summed E-state index contributed by atoms with van der Waals surface area (Å²) in [6, 6.07) is 0. The Morgan fingerprint density at radius 3 is 1.32 bits per heavy atom. The van der Waals surface area contributed by atoms with Crippen molar-refractivity contribution in [3.63, 3.8) is 0 Å². The molecule has 0 aliphatic carbocycles. The van der Waals surface area contributed by atoms with Crippen LogP contribution >= 0.6 is 0 Å². The number of allylic oxidation sites excluding steroid dienone is 10. The molecule has 0 radical (unpaired) electrons. The Hall–Kier alpha value is -2.40. The van der Waals surface area contributed by atoms with Crippen LogP contribution in [0.5, 0.6) is 0 Å². The quantitative estimate of drug-likeness (QED) is 0.0350. The standard InChI is InChI=1S/C51H90O5/c1-4-7-10-13-16-19-22-24-25-26-27-29-30-32-35-38-41-44-50(52)55-48-49(47-54-46-43-40-37-34-21-18-15-12-9-6-3)56-51(53)45-42-39-36-33-31-28-23-20-17-14-11-8-5-2/h7,10,16,19-20,23-25,27,29,49H,4-6,8-9,11-15,17-18,21-22,26,28,30-48H2,1-3H3/b10-7-,19-16-,23-20-,25-24-,29-27-. The van der Waals surface area contributed by atoms with Crippen molar-refractivity contribution in [2.75, 3.05) is 19.8 Å². The molecule has 0 aromatic rings. The van der Waals surface area contributed by atoms with Crippen LogP contribution in [0.2, 0.25) is 0 Å². The van der Waals surface area contributed by atoms with Crippen LogP contribution in [0.1, 0.15) is 226 Å². The number of esters is 2. The summed E-state index contributed by atoms with van der Waals surface area (Å²) in [5.74, 6) is -0.432. The lowest BCUT2D eigenvalue weighted by Crippen LogP contribution is -2.30. The molecule has 1 atom stereocenters. The van der Waals surface area contributed by atoms with Crippen molar-refractivity contribution < 1.29 is 23.8 Å². The van der Waals surface area contributed by atoms with Gasteiger partial charge in [-0.05, 0) is 83.5 Å². The molecule has 0 saturated heterocycles. The lowest BCUT2D eigenvalue weighted by atomic mass is 10.1. The third kappa shape index (κ3) is 44.3. The van der Waals surface area contributed by atoms with Crippen molar-refractivity contribution in [1.82, 2.24) is 0 Å². The van der Waals surface area contributed by atoms with Crippen LogP contribution < -0.4 is 0 Å². The summed E-state index contributed by atoms with van der Waals surface area (Å²) in [4.78, 5) is 25.3. The summed E-state index contributed by atoms with van der Waals surface area (Å²) in [6.07, 6.45) is 57.9. The predicted octanol–water partition coefficient (Wildman–Crippen LogP) is 15.8. The molecular formula is C51H90O5. The van der Waals surface area contributed by atoms with E-state index in [2.05, 4.69) is 81.5 Å². The highest BCUT2D eigenvalue weighted by Gasteiger charge is 2.17. The summed E-state index contributed by atoms with van der Waals surface area (Å²) in [5, 5.41) is 0. The van der Waals surface area contributed by atoms with E-state index in [1.165, 1.54) is 96.3 Å². The summed E-state index contributed by atoms with van der Waals surface area (Å²) >= 11 is 0. The Bertz CT molecular complexity index is 977. The first-order valence-corrected chi connectivity index (χ1v) is 23.8. The molecule has 0 aromatic carbocycles. The predicted molar refractivity (Wildman–Crippen MR) is 242 cm³/mol. The van der Waals surface area contributed by atoms with E-state index in [1.54, 1.807) is 0 Å². The molecule has 0 heterocycles. The van der Waals surface area contributed by atoms with Gasteiger partial charge in [-0.2, -0.15) is 0 Å². The maximum absolute atomic E-state index is 12.7. The summed E-state index contributed by atoms with van der Waals surface area (Å²) < 4.78 is 17.3. The van der Waals surface area contributed by atoms with E-state index in [1.807, 2.05) is 0 Å². The summed E-state index contributed by atoms with van der Waals surface area (Å²) in [6.45, 7) is 7.67. The van der Waals surface area contributed by atoms with E-state index < -0.39 is 6.10 Å². The lowest BCUT2D eigenvalue weighted by molar-refractivity contribution is -0.163. The molecule has 0 amide bonds. The smallest absolute Gasteiger partial charge is 0.306 e. The Kier molecular flexibility index (Phi) is 45.0. The molecule has 0 N–H and O–H groups in total. The van der Waals surface area contributed by atoms with Gasteiger partial charge >= 0.3 is 11.9 Å². The monoisotopic (exact) mass is 783 g/mol. The molecule has 0 spiro atoms. The molecule has 5 nitrogen and oxygen atoms in total. The van der Waals surface area contributed by atoms with Gasteiger partial charge in [0.1, 0.15) is 6.61 Å². The molecule has 0 saturated carbocycles. The lowest BCUT2D eigenvalue weighted by Gasteiger charge is -2.18. The van der Waals surface area contributed by atoms with E-state index in [4.69, 9.17) is 14.2 Å². The van der Waals surface area contributed by atoms with Gasteiger partial charge in [-0.1, -0.05) is 191 Å². The van der Waals surface area contributed by atoms with E-state index in [-0.39, 0.29) is 25.2 Å². The molecule has 56 heavy (non-hydrogen) atoms. The Labute approximate surface area is 347 Å². The first kappa shape index (κ1) is 53.6. The summed E-state index contributed by atoms with van der Waals surface area (Å²) in [7, 11) is 0. The molecule has 0 aromatic heterocycles. The van der Waals surface area contributed by atoms with Crippen molar-refractivity contribution in [3.8, 4) is 0 Å². The average molecular weight is 783 g/mol. The van der Waals surface area contributed by atoms with Crippen LogP contribution in [0.15, 0.2) is 60.8 Å². The molecule has 1 unspecified atom stereocenters. The van der Waals surface area contributed by atoms with E-state index in [9.17, 15) is 9.59 Å². The third-order valence-electron chi connectivity index (χ3n) is 10.0. The molecule has 0 aliphatic rings. The number of ether oxygens (including phenoxy) is 3. The number of hydrogen-bond acceptors (Lipinski definition) is 5. The first-order chi connectivity index (χ1) is 27.6. The molecule has 0 fully saturated rings. The van der Waals surface area contributed by atoms with E-state index in [0.717, 1.165) is 96.3 Å². The van der Waals surface area contributed by atoms with Gasteiger partial charge in [0.05, 0.1) is 6.61 Å². The molecule has 324 valence electrons. The topological polar surface area (TPSA) is 61.8 Å². The average Bonchev–Trinajstić information content (AvgIpc) is 3.20. The highest BCUT2D eigenvalue weighted by Crippen LogP contribution is 2.13. The van der Waals surface area contributed by atoms with Crippen molar-refractivity contribution in [1.29, 1.82) is 0 Å². The Balaban J connectivity index is 4.28. The minimum Gasteiger partial charge on any atom is -0.462 e. The van der Waals surface area contributed by atoms with Crippen LogP contribution in [0.4, 0.5) is 0 Å². The minimum atomic E-state index is -0.547. The van der Waals surface area contributed by atoms with Gasteiger partial charge in [0.15, 0.2) is 6.10 Å². The van der Waals surface area contributed by atoms with Gasteiger partial charge in [-0.3, -0.25) is 9.59 Å². The fourth-order valence-corrected chi connectivity index (χ4v) is 6.49. The van der Waals surface area contributed by atoms with Crippen LogP contribution in [0, 0.1) is 0 Å². The number of carbonyl (C=O) groups is 2. The first-order valence-electron chi connectivity index (χ1n) is 23.8. The fourth-order valence-electron chi connectivity index (χ4n) is 6.49. The van der Waals surface area contributed by atoms with Gasteiger partial charge in [0, 0.05) is 19.4 Å². The number of rotatable bonds is 43. The number of hydrogen-bond donors (Lipinski definition) is 0. The van der Waals surface area contributed by atoms with Crippen molar-refractivity contribution in [2.45, 2.75) is 232 Å². The van der Waals surface area contributed by atoms with Crippen molar-refractivity contribution >= 4 is 11.9 Å². The van der Waals surface area contributed by atoms with Gasteiger partial charge < -0.3 is 14.2 Å². The van der Waals surface area contributed by atoms with Gasteiger partial charge in [0.2, 0.25) is 0 Å². The highest BCUT2D eigenvalue weighted by molar-refractivity contribution is 5.70. The third-order valence-corrected chi connectivity index (χ3v) is 10.0.